The topological polar surface area (TPSA) is 51.0 Å². The maximum absolute atomic E-state index is 13.8. The van der Waals surface area contributed by atoms with E-state index in [1.807, 2.05) is 18.3 Å². The first-order chi connectivity index (χ1) is 15.6. The highest BCUT2D eigenvalue weighted by molar-refractivity contribution is 6.31. The number of nitrogens with zero attached hydrogens (tertiary/aromatic N) is 2. The maximum Gasteiger partial charge on any atom is 0.295 e. The Kier molecular flexibility index (Phi) is 6.01. The van der Waals surface area contributed by atoms with E-state index in [0.717, 1.165) is 42.1 Å². The summed E-state index contributed by atoms with van der Waals surface area (Å²) in [5.74, 6) is 0.930. The molecule has 2 aromatic heterocycles. The Bertz CT molecular complexity index is 1230. The fourth-order valence-corrected chi connectivity index (χ4v) is 5.23. The molecule has 0 bridgehead atoms. The lowest BCUT2D eigenvalue weighted by Crippen LogP contribution is -2.25. The molecule has 0 radical (unpaired) electrons. The van der Waals surface area contributed by atoms with Crippen molar-refractivity contribution in [1.29, 1.82) is 0 Å². The van der Waals surface area contributed by atoms with Crippen LogP contribution in [0.2, 0.25) is 5.02 Å². The SMILES string of the molecule is CCC(C[C@H]1CC[C@@H](c2ccnc3ccc(F)cc32)CC1)Nc1nc2ccc(Cl)cc2o1. The highest BCUT2D eigenvalue weighted by Gasteiger charge is 2.26. The number of oxazole rings is 1. The third-order valence-electron chi connectivity index (χ3n) is 6.81. The molecule has 1 unspecified atom stereocenters. The largest absolute Gasteiger partial charge is 0.423 e. The number of hydrogen-bond acceptors (Lipinski definition) is 4. The minimum atomic E-state index is -0.196. The van der Waals surface area contributed by atoms with Crippen molar-refractivity contribution in [2.24, 2.45) is 5.92 Å². The molecule has 1 fully saturated rings. The second-order valence-electron chi connectivity index (χ2n) is 8.90. The van der Waals surface area contributed by atoms with E-state index >= 15 is 0 Å². The van der Waals surface area contributed by atoms with Gasteiger partial charge in [0, 0.05) is 28.7 Å². The number of aromatic nitrogens is 2. The number of pyridine rings is 1. The second-order valence-corrected chi connectivity index (χ2v) is 9.33. The molecule has 0 aliphatic heterocycles. The predicted octanol–water partition coefficient (Wildman–Crippen LogP) is 7.72. The molecule has 2 heterocycles. The summed E-state index contributed by atoms with van der Waals surface area (Å²) in [6, 6.07) is 13.3. The molecular formula is C26H27ClFN3O. The van der Waals surface area contributed by atoms with E-state index < -0.39 is 0 Å². The van der Waals surface area contributed by atoms with E-state index in [1.165, 1.54) is 24.5 Å². The van der Waals surface area contributed by atoms with Crippen molar-refractivity contribution in [1.82, 2.24) is 9.97 Å². The van der Waals surface area contributed by atoms with Crippen LogP contribution in [0.4, 0.5) is 10.4 Å². The molecule has 4 aromatic rings. The average molecular weight is 452 g/mol. The Hall–Kier alpha value is -2.66. The van der Waals surface area contributed by atoms with Crippen molar-refractivity contribution in [2.45, 2.75) is 57.4 Å². The van der Waals surface area contributed by atoms with E-state index in [-0.39, 0.29) is 5.82 Å². The van der Waals surface area contributed by atoms with Crippen molar-refractivity contribution in [3.8, 4) is 0 Å². The molecule has 32 heavy (non-hydrogen) atoms. The summed E-state index contributed by atoms with van der Waals surface area (Å²) in [5, 5.41) is 5.09. The molecule has 0 saturated heterocycles. The highest BCUT2D eigenvalue weighted by Crippen LogP contribution is 2.40. The smallest absolute Gasteiger partial charge is 0.295 e. The zero-order valence-electron chi connectivity index (χ0n) is 18.2. The van der Waals surface area contributed by atoms with E-state index in [0.29, 0.717) is 34.5 Å². The fourth-order valence-electron chi connectivity index (χ4n) is 5.07. The van der Waals surface area contributed by atoms with Crippen molar-refractivity contribution in [2.75, 3.05) is 5.32 Å². The summed E-state index contributed by atoms with van der Waals surface area (Å²) in [6.45, 7) is 2.19. The zero-order valence-corrected chi connectivity index (χ0v) is 18.9. The van der Waals surface area contributed by atoms with Gasteiger partial charge in [0.05, 0.1) is 5.52 Å². The summed E-state index contributed by atoms with van der Waals surface area (Å²) in [6.07, 6.45) is 8.54. The van der Waals surface area contributed by atoms with Gasteiger partial charge >= 0.3 is 0 Å². The van der Waals surface area contributed by atoms with Crippen molar-refractivity contribution in [3.05, 3.63) is 65.1 Å². The third-order valence-corrected chi connectivity index (χ3v) is 7.05. The molecule has 1 atom stereocenters. The number of halogens is 2. The molecule has 2 aromatic carbocycles. The summed E-state index contributed by atoms with van der Waals surface area (Å²) < 4.78 is 19.7. The molecule has 5 rings (SSSR count). The molecule has 6 heteroatoms. The quantitative estimate of drug-likeness (QED) is 0.326. The molecule has 0 spiro atoms. The Morgan fingerprint density at radius 1 is 1.09 bits per heavy atom. The lowest BCUT2D eigenvalue weighted by atomic mass is 9.76. The molecule has 1 aliphatic rings. The zero-order chi connectivity index (χ0) is 22.1. The van der Waals surface area contributed by atoms with E-state index in [9.17, 15) is 4.39 Å². The van der Waals surface area contributed by atoms with Gasteiger partial charge in [-0.05, 0) is 92.3 Å². The summed E-state index contributed by atoms with van der Waals surface area (Å²) in [4.78, 5) is 8.96. The van der Waals surface area contributed by atoms with Crippen molar-refractivity contribution in [3.63, 3.8) is 0 Å². The highest BCUT2D eigenvalue weighted by atomic mass is 35.5. The number of nitrogens with one attached hydrogen (secondary N) is 1. The molecule has 1 N–H and O–H groups in total. The first kappa shape index (κ1) is 21.2. The number of hydrogen-bond donors (Lipinski definition) is 1. The summed E-state index contributed by atoms with van der Waals surface area (Å²) in [5.41, 5.74) is 3.63. The van der Waals surface area contributed by atoms with Crippen molar-refractivity contribution >= 4 is 39.6 Å². The molecule has 1 aliphatic carbocycles. The van der Waals surface area contributed by atoms with E-state index in [1.54, 1.807) is 18.2 Å². The third kappa shape index (κ3) is 4.44. The standard InChI is InChI=1S/C26H27ClFN3O/c1-2-20(30-26-31-24-9-7-18(27)14-25(24)32-26)13-16-3-5-17(6-4-16)21-11-12-29-23-10-8-19(28)15-22(21)23/h7-12,14-17,20H,2-6,13H2,1H3,(H,30,31)/t16-,17+,20?. The van der Waals surface area contributed by atoms with Crippen LogP contribution in [-0.2, 0) is 0 Å². The number of fused-ring (bicyclic) bond motifs is 2. The van der Waals surface area contributed by atoms with Crippen LogP contribution >= 0.6 is 11.6 Å². The Labute approximate surface area is 192 Å². The first-order valence-electron chi connectivity index (χ1n) is 11.5. The van der Waals surface area contributed by atoms with Crippen LogP contribution in [0.15, 0.2) is 53.1 Å². The number of rotatable bonds is 6. The normalized spacial score (nSPS) is 20.0. The molecule has 4 nitrogen and oxygen atoms in total. The van der Waals surface area contributed by atoms with Crippen LogP contribution in [0, 0.1) is 11.7 Å². The number of benzene rings is 2. The summed E-state index contributed by atoms with van der Waals surface area (Å²) in [7, 11) is 0. The molecular weight excluding hydrogens is 425 g/mol. The number of anilines is 1. The average Bonchev–Trinajstić information content (AvgIpc) is 3.20. The maximum atomic E-state index is 13.8. The molecule has 1 saturated carbocycles. The minimum Gasteiger partial charge on any atom is -0.423 e. The Morgan fingerprint density at radius 3 is 2.72 bits per heavy atom. The lowest BCUT2D eigenvalue weighted by Gasteiger charge is -2.31. The second kappa shape index (κ2) is 9.07. The van der Waals surface area contributed by atoms with Crippen LogP contribution in [0.5, 0.6) is 0 Å². The minimum absolute atomic E-state index is 0.196. The van der Waals surface area contributed by atoms with Crippen LogP contribution in [0.3, 0.4) is 0 Å². The lowest BCUT2D eigenvalue weighted by molar-refractivity contribution is 0.296. The van der Waals surface area contributed by atoms with Gasteiger partial charge < -0.3 is 9.73 Å². The van der Waals surface area contributed by atoms with Crippen molar-refractivity contribution < 1.29 is 8.81 Å². The van der Waals surface area contributed by atoms with Gasteiger partial charge in [-0.2, -0.15) is 4.98 Å². The van der Waals surface area contributed by atoms with Gasteiger partial charge in [0.15, 0.2) is 5.58 Å². The van der Waals surface area contributed by atoms with E-state index in [4.69, 9.17) is 16.0 Å². The van der Waals surface area contributed by atoms with Gasteiger partial charge in [0.25, 0.3) is 6.01 Å². The first-order valence-corrected chi connectivity index (χ1v) is 11.8. The van der Waals surface area contributed by atoms with Gasteiger partial charge in [-0.3, -0.25) is 4.98 Å². The predicted molar refractivity (Wildman–Crippen MR) is 128 cm³/mol. The summed E-state index contributed by atoms with van der Waals surface area (Å²) >= 11 is 6.06. The van der Waals surface area contributed by atoms with Gasteiger partial charge in [-0.25, -0.2) is 4.39 Å². The van der Waals surface area contributed by atoms with Gasteiger partial charge in [-0.1, -0.05) is 18.5 Å². The van der Waals surface area contributed by atoms with Crippen LogP contribution < -0.4 is 5.32 Å². The molecule has 166 valence electrons. The molecule has 0 amide bonds. The van der Waals surface area contributed by atoms with Gasteiger partial charge in [0.2, 0.25) is 0 Å². The Balaban J connectivity index is 1.22. The van der Waals surface area contributed by atoms with Gasteiger partial charge in [0.1, 0.15) is 11.3 Å². The fraction of sp³-hybridized carbons (Fsp3) is 0.385. The van der Waals surface area contributed by atoms with E-state index in [2.05, 4.69) is 28.3 Å². The van der Waals surface area contributed by atoms with Crippen LogP contribution in [0.25, 0.3) is 22.0 Å². The van der Waals surface area contributed by atoms with Gasteiger partial charge in [-0.15, -0.1) is 0 Å². The van der Waals surface area contributed by atoms with Crippen LogP contribution in [-0.4, -0.2) is 16.0 Å². The van der Waals surface area contributed by atoms with Crippen LogP contribution in [0.1, 0.15) is 56.9 Å². The Morgan fingerprint density at radius 2 is 1.91 bits per heavy atom. The monoisotopic (exact) mass is 451 g/mol.